The molecule has 0 aliphatic carbocycles. The number of hydrogen-bond acceptors (Lipinski definition) is 4. The van der Waals surface area contributed by atoms with Gasteiger partial charge in [-0.15, -0.1) is 0 Å². The third-order valence-electron chi connectivity index (χ3n) is 3.09. The molecule has 0 saturated carbocycles. The molecule has 2 aromatic rings. The SMILES string of the molecule is N#Cc1cccc(Cl)c1C1Sc2[c]nccc2N1C(N)=O. The van der Waals surface area contributed by atoms with Crippen LogP contribution in [0.3, 0.4) is 0 Å². The number of fused-ring (bicyclic) bond motifs is 1. The van der Waals surface area contributed by atoms with E-state index in [1.807, 2.05) is 0 Å². The second-order valence-electron chi connectivity index (χ2n) is 4.26. The van der Waals surface area contributed by atoms with Crippen LogP contribution < -0.4 is 10.6 Å². The van der Waals surface area contributed by atoms with Crippen LogP contribution in [-0.2, 0) is 0 Å². The number of primary amides is 1. The van der Waals surface area contributed by atoms with E-state index in [1.165, 1.54) is 22.9 Å². The second kappa shape index (κ2) is 5.28. The Morgan fingerprint density at radius 2 is 2.33 bits per heavy atom. The highest BCUT2D eigenvalue weighted by molar-refractivity contribution is 8.00. The summed E-state index contributed by atoms with van der Waals surface area (Å²) in [6.07, 6.45) is 4.37. The zero-order valence-corrected chi connectivity index (χ0v) is 12.1. The fourth-order valence-corrected chi connectivity index (χ4v) is 3.86. The minimum absolute atomic E-state index is 0.409. The number of benzene rings is 1. The molecule has 21 heavy (non-hydrogen) atoms. The molecule has 5 nitrogen and oxygen atoms in total. The van der Waals surface area contributed by atoms with E-state index in [1.54, 1.807) is 24.3 Å². The van der Waals surface area contributed by atoms with Crippen molar-refractivity contribution < 1.29 is 4.79 Å². The zero-order valence-electron chi connectivity index (χ0n) is 10.6. The van der Waals surface area contributed by atoms with Crippen molar-refractivity contribution in [2.24, 2.45) is 5.73 Å². The lowest BCUT2D eigenvalue weighted by Crippen LogP contribution is -2.35. The Morgan fingerprint density at radius 3 is 3.05 bits per heavy atom. The fraction of sp³-hybridized carbons (Fsp3) is 0.0714. The van der Waals surface area contributed by atoms with Crippen LogP contribution in [0, 0.1) is 17.5 Å². The summed E-state index contributed by atoms with van der Waals surface area (Å²) in [5, 5.41) is 9.19. The van der Waals surface area contributed by atoms with Crippen molar-refractivity contribution in [2.75, 3.05) is 4.90 Å². The van der Waals surface area contributed by atoms with Crippen LogP contribution in [0.2, 0.25) is 5.02 Å². The molecule has 1 aliphatic rings. The van der Waals surface area contributed by atoms with E-state index >= 15 is 0 Å². The molecular formula is C14H8ClN4OS. The van der Waals surface area contributed by atoms with Gasteiger partial charge >= 0.3 is 6.03 Å². The van der Waals surface area contributed by atoms with Gasteiger partial charge in [-0.1, -0.05) is 29.4 Å². The number of pyridine rings is 1. The van der Waals surface area contributed by atoms with Gasteiger partial charge in [-0.05, 0) is 18.2 Å². The quantitative estimate of drug-likeness (QED) is 0.876. The topological polar surface area (TPSA) is 83.0 Å². The molecule has 1 aromatic carbocycles. The Balaban J connectivity index is 2.17. The van der Waals surface area contributed by atoms with Crippen molar-refractivity contribution in [3.8, 4) is 6.07 Å². The highest BCUT2D eigenvalue weighted by atomic mass is 35.5. The van der Waals surface area contributed by atoms with E-state index in [2.05, 4.69) is 17.3 Å². The number of rotatable bonds is 1. The van der Waals surface area contributed by atoms with Crippen molar-refractivity contribution in [1.29, 1.82) is 5.26 Å². The summed E-state index contributed by atoms with van der Waals surface area (Å²) in [7, 11) is 0. The van der Waals surface area contributed by atoms with Crippen LogP contribution >= 0.6 is 23.4 Å². The average Bonchev–Trinajstić information content (AvgIpc) is 2.85. The first-order valence-electron chi connectivity index (χ1n) is 5.94. The molecule has 2 amide bonds. The van der Waals surface area contributed by atoms with Crippen molar-refractivity contribution in [3.63, 3.8) is 0 Å². The highest BCUT2D eigenvalue weighted by Gasteiger charge is 2.37. The first-order chi connectivity index (χ1) is 10.1. The molecule has 1 aromatic heterocycles. The lowest BCUT2D eigenvalue weighted by atomic mass is 10.1. The van der Waals surface area contributed by atoms with Crippen LogP contribution in [0.5, 0.6) is 0 Å². The number of anilines is 1. The summed E-state index contributed by atoms with van der Waals surface area (Å²) in [6, 6.07) is 8.20. The number of nitrogens with two attached hydrogens (primary N) is 1. The number of nitrogens with zero attached hydrogens (tertiary/aromatic N) is 3. The monoisotopic (exact) mass is 315 g/mol. The Morgan fingerprint density at radius 1 is 1.52 bits per heavy atom. The molecule has 0 bridgehead atoms. The predicted molar refractivity (Wildman–Crippen MR) is 79.9 cm³/mol. The third kappa shape index (κ3) is 2.20. The van der Waals surface area contributed by atoms with E-state index in [-0.39, 0.29) is 0 Å². The second-order valence-corrected chi connectivity index (χ2v) is 5.76. The van der Waals surface area contributed by atoms with Gasteiger partial charge in [0.25, 0.3) is 0 Å². The van der Waals surface area contributed by atoms with Crippen molar-refractivity contribution in [3.05, 3.63) is 52.8 Å². The average molecular weight is 316 g/mol. The van der Waals surface area contributed by atoms with Crippen LogP contribution in [0.15, 0.2) is 35.4 Å². The number of nitriles is 1. The summed E-state index contributed by atoms with van der Waals surface area (Å²) in [4.78, 5) is 17.9. The van der Waals surface area contributed by atoms with Crippen LogP contribution in [0.25, 0.3) is 0 Å². The molecule has 2 N–H and O–H groups in total. The minimum Gasteiger partial charge on any atom is -0.351 e. The zero-order chi connectivity index (χ0) is 15.0. The van der Waals surface area contributed by atoms with Gasteiger partial charge in [-0.2, -0.15) is 5.26 Å². The number of carbonyl (C=O) groups is 1. The van der Waals surface area contributed by atoms with Crippen molar-refractivity contribution in [1.82, 2.24) is 4.98 Å². The molecule has 0 fully saturated rings. The van der Waals surface area contributed by atoms with E-state index in [0.717, 1.165) is 0 Å². The lowest BCUT2D eigenvalue weighted by molar-refractivity contribution is 0.253. The van der Waals surface area contributed by atoms with E-state index in [0.29, 0.717) is 26.7 Å². The molecule has 1 radical (unpaired) electrons. The first-order valence-corrected chi connectivity index (χ1v) is 7.19. The molecule has 1 unspecified atom stereocenters. The third-order valence-corrected chi connectivity index (χ3v) is 4.62. The normalized spacial score (nSPS) is 16.4. The Bertz CT molecular complexity index is 774. The molecule has 2 heterocycles. The van der Waals surface area contributed by atoms with E-state index < -0.39 is 11.4 Å². The van der Waals surface area contributed by atoms with E-state index in [9.17, 15) is 10.1 Å². The van der Waals surface area contributed by atoms with Gasteiger partial charge in [0.1, 0.15) is 11.6 Å². The lowest BCUT2D eigenvalue weighted by Gasteiger charge is -2.24. The number of carbonyl (C=O) groups excluding carboxylic acids is 1. The molecule has 0 spiro atoms. The number of halogens is 1. The van der Waals surface area contributed by atoms with Crippen LogP contribution in [0.1, 0.15) is 16.5 Å². The van der Waals surface area contributed by atoms with Gasteiger partial charge < -0.3 is 5.73 Å². The van der Waals surface area contributed by atoms with Crippen LogP contribution in [0.4, 0.5) is 10.5 Å². The van der Waals surface area contributed by atoms with Crippen molar-refractivity contribution in [2.45, 2.75) is 10.3 Å². The fourth-order valence-electron chi connectivity index (χ4n) is 2.21. The summed E-state index contributed by atoms with van der Waals surface area (Å²) < 4.78 is 0. The number of hydrogen-bond donors (Lipinski definition) is 1. The molecule has 1 atom stereocenters. The summed E-state index contributed by atoms with van der Waals surface area (Å²) in [5.41, 5.74) is 7.09. The predicted octanol–water partition coefficient (Wildman–Crippen LogP) is 3.10. The van der Waals surface area contributed by atoms with Gasteiger partial charge in [0.05, 0.1) is 22.2 Å². The number of aromatic nitrogens is 1. The molecular weight excluding hydrogens is 308 g/mol. The maximum Gasteiger partial charge on any atom is 0.320 e. The largest absolute Gasteiger partial charge is 0.351 e. The van der Waals surface area contributed by atoms with Crippen molar-refractivity contribution >= 4 is 35.1 Å². The summed E-state index contributed by atoms with van der Waals surface area (Å²) in [5.74, 6) is 0. The van der Waals surface area contributed by atoms with Gasteiger partial charge in [0.15, 0.2) is 0 Å². The molecule has 1 aliphatic heterocycles. The standard InChI is InChI=1S/C14H8ClN4OS/c15-9-3-1-2-8(6-16)12(9)13-19(14(17)20)10-4-5-18-7-11(10)21-13/h1-5,13H,(H2,17,20). The smallest absolute Gasteiger partial charge is 0.320 e. The summed E-state index contributed by atoms with van der Waals surface area (Å²) in [6.45, 7) is 0. The maximum absolute atomic E-state index is 11.8. The Labute approximate surface area is 130 Å². The maximum atomic E-state index is 11.8. The van der Waals surface area contributed by atoms with Gasteiger partial charge in [-0.25, -0.2) is 4.79 Å². The number of urea groups is 1. The first kappa shape index (κ1) is 13.7. The molecule has 3 rings (SSSR count). The van der Waals surface area contributed by atoms with Crippen LogP contribution in [-0.4, -0.2) is 11.0 Å². The number of amides is 2. The Hall–Kier alpha value is -2.23. The Kier molecular flexibility index (Phi) is 3.45. The molecule has 0 saturated heterocycles. The van der Waals surface area contributed by atoms with Gasteiger partial charge in [-0.3, -0.25) is 9.88 Å². The van der Waals surface area contributed by atoms with Gasteiger partial charge in [0.2, 0.25) is 0 Å². The highest BCUT2D eigenvalue weighted by Crippen LogP contribution is 2.52. The minimum atomic E-state index is -0.616. The van der Waals surface area contributed by atoms with E-state index in [4.69, 9.17) is 17.3 Å². The number of thioether (sulfide) groups is 1. The summed E-state index contributed by atoms with van der Waals surface area (Å²) >= 11 is 7.57. The molecule has 103 valence electrons. The molecule has 7 heteroatoms. The van der Waals surface area contributed by atoms with Gasteiger partial charge in [0, 0.05) is 16.8 Å².